The summed E-state index contributed by atoms with van der Waals surface area (Å²) in [6.07, 6.45) is 6.02. The van der Waals surface area contributed by atoms with Gasteiger partial charge in [-0.05, 0) is 31.1 Å². The largest absolute Gasteiger partial charge is 0.449 e. The Morgan fingerprint density at radius 3 is 2.56 bits per heavy atom. The molecule has 4 heteroatoms. The zero-order chi connectivity index (χ0) is 13.4. The van der Waals surface area contributed by atoms with Crippen molar-refractivity contribution < 1.29 is 9.53 Å². The van der Waals surface area contributed by atoms with Crippen molar-refractivity contribution in [3.05, 3.63) is 0 Å². The van der Waals surface area contributed by atoms with E-state index >= 15 is 0 Å². The van der Waals surface area contributed by atoms with Crippen LogP contribution < -0.4 is 0 Å². The molecular formula is C14H26BrNO2. The summed E-state index contributed by atoms with van der Waals surface area (Å²) in [5, 5.41) is 1.10. The van der Waals surface area contributed by atoms with Crippen molar-refractivity contribution in [2.45, 2.75) is 46.0 Å². The Bertz CT molecular complexity index is 238. The molecule has 1 aliphatic heterocycles. The number of unbranched alkanes of at least 4 members (excludes halogenated alkanes) is 1. The van der Waals surface area contributed by atoms with Gasteiger partial charge in [0.05, 0.1) is 6.61 Å². The normalized spacial score (nSPS) is 17.2. The molecule has 0 N–H and O–H groups in total. The minimum absolute atomic E-state index is 0.123. The molecule has 0 bridgehead atoms. The van der Waals surface area contributed by atoms with E-state index in [-0.39, 0.29) is 6.09 Å². The maximum atomic E-state index is 11.8. The first-order valence-electron chi connectivity index (χ1n) is 7.11. The molecule has 0 unspecified atom stereocenters. The minimum Gasteiger partial charge on any atom is -0.449 e. The van der Waals surface area contributed by atoms with Crippen molar-refractivity contribution in [1.82, 2.24) is 4.90 Å². The number of hydrogen-bond donors (Lipinski definition) is 0. The average Bonchev–Trinajstić information content (AvgIpc) is 2.37. The van der Waals surface area contributed by atoms with Crippen LogP contribution in [0.15, 0.2) is 0 Å². The smallest absolute Gasteiger partial charge is 0.409 e. The number of carbonyl (C=O) groups is 1. The number of likely N-dealkylation sites (tertiary alicyclic amines) is 1. The van der Waals surface area contributed by atoms with Crippen LogP contribution in [0.5, 0.6) is 0 Å². The van der Waals surface area contributed by atoms with Crippen molar-refractivity contribution in [3.63, 3.8) is 0 Å². The van der Waals surface area contributed by atoms with Gasteiger partial charge in [0.15, 0.2) is 0 Å². The van der Waals surface area contributed by atoms with Crippen LogP contribution in [0.4, 0.5) is 4.79 Å². The summed E-state index contributed by atoms with van der Waals surface area (Å²) in [4.78, 5) is 13.6. The second-order valence-corrected chi connectivity index (χ2v) is 6.38. The lowest BCUT2D eigenvalue weighted by Gasteiger charge is -2.31. The number of ether oxygens (including phenoxy) is 1. The molecule has 0 aromatic carbocycles. The Kier molecular flexibility index (Phi) is 7.71. The van der Waals surface area contributed by atoms with Crippen LogP contribution in [-0.4, -0.2) is 36.0 Å². The fourth-order valence-corrected chi connectivity index (χ4v) is 2.66. The molecule has 1 heterocycles. The summed E-state index contributed by atoms with van der Waals surface area (Å²) in [5.41, 5.74) is 0. The maximum Gasteiger partial charge on any atom is 0.409 e. The zero-order valence-corrected chi connectivity index (χ0v) is 13.2. The third-order valence-electron chi connectivity index (χ3n) is 3.41. The molecule has 0 radical (unpaired) electrons. The first-order valence-corrected chi connectivity index (χ1v) is 8.23. The topological polar surface area (TPSA) is 29.5 Å². The van der Waals surface area contributed by atoms with E-state index in [2.05, 4.69) is 29.8 Å². The van der Waals surface area contributed by atoms with E-state index in [1.165, 1.54) is 19.3 Å². The van der Waals surface area contributed by atoms with Gasteiger partial charge in [-0.1, -0.05) is 42.6 Å². The number of carbonyl (C=O) groups excluding carboxylic acids is 1. The van der Waals surface area contributed by atoms with Gasteiger partial charge in [0.25, 0.3) is 0 Å². The summed E-state index contributed by atoms with van der Waals surface area (Å²) in [6, 6.07) is 0. The zero-order valence-electron chi connectivity index (χ0n) is 11.7. The number of nitrogens with zero attached hydrogens (tertiary/aromatic N) is 1. The highest BCUT2D eigenvalue weighted by Gasteiger charge is 2.23. The summed E-state index contributed by atoms with van der Waals surface area (Å²) >= 11 is 3.46. The highest BCUT2D eigenvalue weighted by molar-refractivity contribution is 9.09. The number of piperidine rings is 1. The molecule has 1 amide bonds. The van der Waals surface area contributed by atoms with E-state index in [0.29, 0.717) is 12.5 Å². The van der Waals surface area contributed by atoms with E-state index in [1.54, 1.807) is 0 Å². The highest BCUT2D eigenvalue weighted by Crippen LogP contribution is 2.23. The first kappa shape index (κ1) is 15.8. The average molecular weight is 320 g/mol. The number of halogens is 1. The van der Waals surface area contributed by atoms with E-state index in [0.717, 1.165) is 37.2 Å². The quantitative estimate of drug-likeness (QED) is 0.546. The SMILES string of the molecule is CC(C)COC(=O)N1CCC(CCCCBr)CC1. The van der Waals surface area contributed by atoms with E-state index in [1.807, 2.05) is 4.90 Å². The fourth-order valence-electron chi connectivity index (χ4n) is 2.26. The summed E-state index contributed by atoms with van der Waals surface area (Å²) < 4.78 is 5.26. The fraction of sp³-hybridized carbons (Fsp3) is 0.929. The molecule has 0 aromatic heterocycles. The molecule has 0 saturated carbocycles. The molecule has 0 aromatic rings. The highest BCUT2D eigenvalue weighted by atomic mass is 79.9. The van der Waals surface area contributed by atoms with Gasteiger partial charge in [-0.15, -0.1) is 0 Å². The standard InChI is InChI=1S/C14H26BrNO2/c1-12(2)11-18-14(17)16-9-6-13(7-10-16)5-3-4-8-15/h12-13H,3-11H2,1-2H3. The van der Waals surface area contributed by atoms with Gasteiger partial charge >= 0.3 is 6.09 Å². The Morgan fingerprint density at radius 2 is 2.00 bits per heavy atom. The molecule has 1 rings (SSSR count). The predicted molar refractivity (Wildman–Crippen MR) is 78.1 cm³/mol. The van der Waals surface area contributed by atoms with Gasteiger partial charge in [0.2, 0.25) is 0 Å². The number of hydrogen-bond acceptors (Lipinski definition) is 2. The summed E-state index contributed by atoms with van der Waals surface area (Å²) in [6.45, 7) is 6.39. The van der Waals surface area contributed by atoms with Crippen molar-refractivity contribution >= 4 is 22.0 Å². The van der Waals surface area contributed by atoms with E-state index in [4.69, 9.17) is 4.74 Å². The molecule has 3 nitrogen and oxygen atoms in total. The van der Waals surface area contributed by atoms with E-state index in [9.17, 15) is 4.79 Å². The van der Waals surface area contributed by atoms with Crippen LogP contribution in [0.3, 0.4) is 0 Å². The van der Waals surface area contributed by atoms with Crippen LogP contribution in [0.25, 0.3) is 0 Å². The summed E-state index contributed by atoms with van der Waals surface area (Å²) in [7, 11) is 0. The van der Waals surface area contributed by atoms with Crippen molar-refractivity contribution in [1.29, 1.82) is 0 Å². The third-order valence-corrected chi connectivity index (χ3v) is 3.97. The molecular weight excluding hydrogens is 294 g/mol. The second kappa shape index (κ2) is 8.78. The molecule has 1 aliphatic rings. The van der Waals surface area contributed by atoms with Gasteiger partial charge in [-0.3, -0.25) is 0 Å². The lowest BCUT2D eigenvalue weighted by molar-refractivity contribution is 0.0781. The van der Waals surface area contributed by atoms with Crippen molar-refractivity contribution in [2.75, 3.05) is 25.0 Å². The van der Waals surface area contributed by atoms with Gasteiger partial charge < -0.3 is 9.64 Å². The van der Waals surface area contributed by atoms with Crippen LogP contribution in [-0.2, 0) is 4.74 Å². The third kappa shape index (κ3) is 6.07. The molecule has 0 aliphatic carbocycles. The minimum atomic E-state index is -0.123. The van der Waals surface area contributed by atoms with Crippen LogP contribution in [0, 0.1) is 11.8 Å². The number of rotatable bonds is 6. The van der Waals surface area contributed by atoms with Crippen molar-refractivity contribution in [2.24, 2.45) is 11.8 Å². The van der Waals surface area contributed by atoms with E-state index < -0.39 is 0 Å². The molecule has 0 atom stereocenters. The Labute approximate surface area is 119 Å². The van der Waals surface area contributed by atoms with Gasteiger partial charge in [-0.2, -0.15) is 0 Å². The second-order valence-electron chi connectivity index (χ2n) is 5.59. The number of alkyl halides is 1. The first-order chi connectivity index (χ1) is 8.63. The monoisotopic (exact) mass is 319 g/mol. The molecule has 1 saturated heterocycles. The lowest BCUT2D eigenvalue weighted by Crippen LogP contribution is -2.39. The molecule has 18 heavy (non-hydrogen) atoms. The van der Waals surface area contributed by atoms with Gasteiger partial charge in [0.1, 0.15) is 0 Å². The van der Waals surface area contributed by atoms with Crippen LogP contribution in [0.2, 0.25) is 0 Å². The lowest BCUT2D eigenvalue weighted by atomic mass is 9.92. The summed E-state index contributed by atoms with van der Waals surface area (Å²) in [5.74, 6) is 1.22. The van der Waals surface area contributed by atoms with Gasteiger partial charge in [-0.25, -0.2) is 4.79 Å². The number of amides is 1. The Morgan fingerprint density at radius 1 is 1.33 bits per heavy atom. The molecule has 0 spiro atoms. The Balaban J connectivity index is 2.16. The predicted octanol–water partition coefficient (Wildman–Crippen LogP) is 4.06. The Hall–Kier alpha value is -0.250. The van der Waals surface area contributed by atoms with Crippen LogP contribution in [0.1, 0.15) is 46.0 Å². The maximum absolute atomic E-state index is 11.8. The van der Waals surface area contributed by atoms with Crippen LogP contribution >= 0.6 is 15.9 Å². The molecule has 106 valence electrons. The van der Waals surface area contributed by atoms with Crippen molar-refractivity contribution in [3.8, 4) is 0 Å². The molecule has 1 fully saturated rings. The van der Waals surface area contributed by atoms with Gasteiger partial charge in [0, 0.05) is 18.4 Å².